The summed E-state index contributed by atoms with van der Waals surface area (Å²) >= 11 is 0. The van der Waals surface area contributed by atoms with Crippen molar-refractivity contribution in [2.24, 2.45) is 0 Å². The fourth-order valence-corrected chi connectivity index (χ4v) is 4.07. The predicted octanol–water partition coefficient (Wildman–Crippen LogP) is 4.42. The summed E-state index contributed by atoms with van der Waals surface area (Å²) in [6.45, 7) is 1.92. The van der Waals surface area contributed by atoms with Gasteiger partial charge in [-0.3, -0.25) is 4.21 Å². The number of rotatable bonds is 5. The largest absolute Gasteiger partial charge is 0.497 e. The molecule has 0 aliphatic heterocycles. The van der Waals surface area contributed by atoms with Crippen LogP contribution in [0.25, 0.3) is 10.8 Å². The van der Waals surface area contributed by atoms with Gasteiger partial charge in [0.2, 0.25) is 0 Å². The van der Waals surface area contributed by atoms with E-state index >= 15 is 0 Å². The van der Waals surface area contributed by atoms with Crippen LogP contribution in [0.1, 0.15) is 39.0 Å². The summed E-state index contributed by atoms with van der Waals surface area (Å²) in [5.41, 5.74) is 0. The molecule has 1 unspecified atom stereocenters. The van der Waals surface area contributed by atoms with Crippen LogP contribution in [0.3, 0.4) is 0 Å². The minimum Gasteiger partial charge on any atom is -0.497 e. The van der Waals surface area contributed by atoms with Crippen molar-refractivity contribution in [1.29, 1.82) is 0 Å². The van der Waals surface area contributed by atoms with E-state index < -0.39 is 9.71 Å². The van der Waals surface area contributed by atoms with E-state index in [4.69, 9.17) is 9.47 Å². The smallest absolute Gasteiger partial charge is 0.119 e. The first-order valence-corrected chi connectivity index (χ1v) is 11.1. The third-order valence-electron chi connectivity index (χ3n) is 4.71. The minimum absolute atomic E-state index is 0.462. The van der Waals surface area contributed by atoms with Crippen LogP contribution in [0.4, 0.5) is 0 Å². The van der Waals surface area contributed by atoms with Crippen molar-refractivity contribution in [1.82, 2.24) is 4.72 Å². The van der Waals surface area contributed by atoms with Crippen LogP contribution in [0, 0.1) is 0 Å². The average Bonchev–Trinajstić information content (AvgIpc) is 2.68. The SMILES string of the molecule is C=S(=O)(CC)NC1CCCCC1.COc1ccc2cc(OC)ccc2c1. The first-order valence-electron chi connectivity index (χ1n) is 9.21. The number of hydrogen-bond donors (Lipinski definition) is 1. The van der Waals surface area contributed by atoms with E-state index in [1.807, 2.05) is 43.3 Å². The van der Waals surface area contributed by atoms with Crippen molar-refractivity contribution in [3.63, 3.8) is 0 Å². The Morgan fingerprint density at radius 1 is 1.00 bits per heavy atom. The van der Waals surface area contributed by atoms with E-state index in [0.717, 1.165) is 22.3 Å². The van der Waals surface area contributed by atoms with E-state index in [1.54, 1.807) is 14.2 Å². The van der Waals surface area contributed by atoms with Gasteiger partial charge in [-0.1, -0.05) is 38.3 Å². The summed E-state index contributed by atoms with van der Waals surface area (Å²) in [5.74, 6) is 6.10. The average molecular weight is 378 g/mol. The number of hydrogen-bond acceptors (Lipinski definition) is 3. The maximum absolute atomic E-state index is 11.6. The van der Waals surface area contributed by atoms with Gasteiger partial charge in [0.25, 0.3) is 0 Å². The molecule has 2 aromatic carbocycles. The highest BCUT2D eigenvalue weighted by atomic mass is 32.2. The molecule has 0 bridgehead atoms. The zero-order chi connectivity index (χ0) is 19.0. The van der Waals surface area contributed by atoms with Crippen molar-refractivity contribution < 1.29 is 13.7 Å². The Labute approximate surface area is 158 Å². The van der Waals surface area contributed by atoms with Gasteiger partial charge in [0.1, 0.15) is 11.5 Å². The van der Waals surface area contributed by atoms with Gasteiger partial charge in [0.15, 0.2) is 0 Å². The van der Waals surface area contributed by atoms with Gasteiger partial charge in [-0.05, 0) is 53.7 Å². The van der Waals surface area contributed by atoms with Crippen molar-refractivity contribution in [2.75, 3.05) is 20.0 Å². The number of benzene rings is 2. The van der Waals surface area contributed by atoms with Crippen LogP contribution in [0.2, 0.25) is 0 Å². The lowest BCUT2D eigenvalue weighted by molar-refractivity contribution is 0.414. The molecular formula is C21H31NO3S. The summed E-state index contributed by atoms with van der Waals surface area (Å²) in [6.07, 6.45) is 6.23. The lowest BCUT2D eigenvalue weighted by Crippen LogP contribution is -2.36. The maximum atomic E-state index is 11.6. The second-order valence-corrected chi connectivity index (χ2v) is 9.07. The Kier molecular flexibility index (Phi) is 7.79. The lowest BCUT2D eigenvalue weighted by atomic mass is 9.96. The number of nitrogens with one attached hydrogen (secondary N) is 1. The Balaban J connectivity index is 0.000000190. The molecule has 144 valence electrons. The van der Waals surface area contributed by atoms with Crippen molar-refractivity contribution in [3.05, 3.63) is 36.4 Å². The molecule has 2 aromatic rings. The molecule has 0 radical (unpaired) electrons. The first-order chi connectivity index (χ1) is 12.5. The fourth-order valence-electron chi connectivity index (χ4n) is 3.06. The van der Waals surface area contributed by atoms with Crippen LogP contribution in [-0.4, -0.2) is 36.1 Å². The normalized spacial score (nSPS) is 17.0. The Morgan fingerprint density at radius 3 is 1.92 bits per heavy atom. The highest BCUT2D eigenvalue weighted by Gasteiger charge is 2.15. The summed E-state index contributed by atoms with van der Waals surface area (Å²) < 4.78 is 25.1. The highest BCUT2D eigenvalue weighted by molar-refractivity contribution is 7.98. The van der Waals surface area contributed by atoms with Crippen LogP contribution in [0.5, 0.6) is 11.5 Å². The van der Waals surface area contributed by atoms with Gasteiger partial charge < -0.3 is 9.47 Å². The summed E-state index contributed by atoms with van der Waals surface area (Å²) in [5, 5.41) is 2.32. The quantitative estimate of drug-likeness (QED) is 0.785. The van der Waals surface area contributed by atoms with Gasteiger partial charge in [-0.2, -0.15) is 0 Å². The van der Waals surface area contributed by atoms with Gasteiger partial charge in [-0.15, -0.1) is 0 Å². The van der Waals surface area contributed by atoms with Gasteiger partial charge in [0.05, 0.1) is 14.2 Å². The molecular weight excluding hydrogens is 346 g/mol. The van der Waals surface area contributed by atoms with Gasteiger partial charge in [-0.25, -0.2) is 4.72 Å². The van der Waals surface area contributed by atoms with Crippen molar-refractivity contribution in [3.8, 4) is 11.5 Å². The number of methoxy groups -OCH3 is 2. The molecule has 1 aliphatic carbocycles. The molecule has 1 fully saturated rings. The minimum atomic E-state index is -1.97. The monoisotopic (exact) mass is 377 g/mol. The second-order valence-electron chi connectivity index (χ2n) is 6.63. The molecule has 1 atom stereocenters. The second kappa shape index (κ2) is 9.83. The summed E-state index contributed by atoms with van der Waals surface area (Å²) in [4.78, 5) is 0. The van der Waals surface area contributed by atoms with Gasteiger partial charge >= 0.3 is 0 Å². The Bertz CT molecular complexity index is 753. The molecule has 0 spiro atoms. The first kappa shape index (κ1) is 20.6. The lowest BCUT2D eigenvalue weighted by Gasteiger charge is -2.24. The predicted molar refractivity (Wildman–Crippen MR) is 113 cm³/mol. The number of fused-ring (bicyclic) bond motifs is 1. The molecule has 26 heavy (non-hydrogen) atoms. The highest BCUT2D eigenvalue weighted by Crippen LogP contribution is 2.24. The summed E-state index contributed by atoms with van der Waals surface area (Å²) in [6, 6.07) is 12.4. The zero-order valence-corrected chi connectivity index (χ0v) is 16.9. The molecule has 0 amide bonds. The van der Waals surface area contributed by atoms with Crippen molar-refractivity contribution in [2.45, 2.75) is 45.1 Å². The van der Waals surface area contributed by atoms with E-state index in [1.165, 1.54) is 32.1 Å². The zero-order valence-electron chi connectivity index (χ0n) is 16.1. The molecule has 4 nitrogen and oxygen atoms in total. The van der Waals surface area contributed by atoms with Crippen LogP contribution in [0.15, 0.2) is 36.4 Å². The van der Waals surface area contributed by atoms with E-state index in [2.05, 4.69) is 10.6 Å². The van der Waals surface area contributed by atoms with E-state index in [0.29, 0.717) is 11.8 Å². The molecule has 0 heterocycles. The van der Waals surface area contributed by atoms with E-state index in [9.17, 15) is 4.21 Å². The standard InChI is InChI=1S/C12H12O2.C9H19NOS/c1-13-11-5-3-10-8-12(14-2)6-4-9(10)7-11;1-3-12(2,11)10-9-7-5-4-6-8-9/h3-8H,1-2H3;9H,2-8H2,1H3,(H,10,11). The fraction of sp³-hybridized carbons (Fsp3) is 0.476. The summed E-state index contributed by atoms with van der Waals surface area (Å²) in [7, 11) is 1.37. The molecule has 1 saturated carbocycles. The third-order valence-corrected chi connectivity index (χ3v) is 6.40. The molecule has 3 rings (SSSR count). The van der Waals surface area contributed by atoms with Gasteiger partial charge in [0, 0.05) is 21.5 Å². The Hall–Kier alpha value is -1.72. The molecule has 5 heteroatoms. The van der Waals surface area contributed by atoms with E-state index in [-0.39, 0.29) is 0 Å². The molecule has 1 N–H and O–H groups in total. The maximum Gasteiger partial charge on any atom is 0.119 e. The third kappa shape index (κ3) is 6.22. The van der Waals surface area contributed by atoms with Crippen LogP contribution < -0.4 is 14.2 Å². The van der Waals surface area contributed by atoms with Crippen LogP contribution in [-0.2, 0) is 9.71 Å². The van der Waals surface area contributed by atoms with Crippen LogP contribution >= 0.6 is 0 Å². The molecule has 1 aliphatic rings. The van der Waals surface area contributed by atoms with Crippen molar-refractivity contribution >= 4 is 26.4 Å². The molecule has 0 aromatic heterocycles. The molecule has 0 saturated heterocycles. The Morgan fingerprint density at radius 2 is 1.50 bits per heavy atom. The number of ether oxygens (including phenoxy) is 2. The topological polar surface area (TPSA) is 47.6 Å².